The molecule has 0 saturated heterocycles. The summed E-state index contributed by atoms with van der Waals surface area (Å²) in [6.07, 6.45) is 0.716. The normalized spacial score (nSPS) is 11.3. The van der Waals surface area contributed by atoms with E-state index >= 15 is 0 Å². The lowest BCUT2D eigenvalue weighted by molar-refractivity contribution is 0.0810. The molecule has 3 aromatic rings. The van der Waals surface area contributed by atoms with Gasteiger partial charge in [-0.25, -0.2) is 4.79 Å². The maximum atomic E-state index is 12.4. The minimum absolute atomic E-state index is 0.281. The first-order valence-electron chi connectivity index (χ1n) is 9.99. The molecule has 0 fully saturated rings. The van der Waals surface area contributed by atoms with Crippen LogP contribution in [-0.2, 0) is 11.0 Å². The molecule has 30 heavy (non-hydrogen) atoms. The van der Waals surface area contributed by atoms with Crippen LogP contribution < -0.4 is 5.30 Å². The number of hydrogen-bond acceptors (Lipinski definition) is 3. The highest BCUT2D eigenvalue weighted by Crippen LogP contribution is 2.30. The summed E-state index contributed by atoms with van der Waals surface area (Å²) in [4.78, 5) is 12.4. The molecular formula is C26H30O3P+. The second-order valence-electron chi connectivity index (χ2n) is 8.18. The molecular weight excluding hydrogens is 391 g/mol. The Bertz CT molecular complexity index is 980. The van der Waals surface area contributed by atoms with E-state index in [2.05, 4.69) is 0 Å². The van der Waals surface area contributed by atoms with E-state index in [1.165, 1.54) is 5.56 Å². The highest BCUT2D eigenvalue weighted by molar-refractivity contribution is 7.71. The van der Waals surface area contributed by atoms with Crippen LogP contribution in [0.3, 0.4) is 0 Å². The average Bonchev–Trinajstić information content (AvgIpc) is 2.67. The van der Waals surface area contributed by atoms with Crippen LogP contribution in [0.5, 0.6) is 0 Å². The van der Waals surface area contributed by atoms with Crippen LogP contribution in [0.4, 0.5) is 0 Å². The summed E-state index contributed by atoms with van der Waals surface area (Å²) in [6.45, 7) is 9.41. The van der Waals surface area contributed by atoms with Crippen LogP contribution in [-0.4, -0.2) is 16.2 Å². The highest BCUT2D eigenvalue weighted by Gasteiger charge is 2.34. The molecule has 0 amide bonds. The fraction of sp³-hybridized carbons (Fsp3) is 0.269. The van der Waals surface area contributed by atoms with Gasteiger partial charge in [-0.05, 0) is 63.4 Å². The van der Waals surface area contributed by atoms with E-state index in [-0.39, 0.29) is 5.52 Å². The Labute approximate surface area is 180 Å². The van der Waals surface area contributed by atoms with Crippen molar-refractivity contribution in [1.82, 2.24) is 0 Å². The summed E-state index contributed by atoms with van der Waals surface area (Å²) in [5.41, 5.74) is 3.79. The Balaban J connectivity index is 0.000000248. The van der Waals surface area contributed by atoms with Gasteiger partial charge in [0.1, 0.15) is 0 Å². The molecule has 3 aromatic carbocycles. The van der Waals surface area contributed by atoms with Crippen LogP contribution in [0.25, 0.3) is 0 Å². The number of carbonyl (C=O) groups excluding carboxylic acids is 1. The van der Waals surface area contributed by atoms with Crippen molar-refractivity contribution in [3.63, 3.8) is 0 Å². The third kappa shape index (κ3) is 7.02. The maximum absolute atomic E-state index is 12.4. The summed E-state index contributed by atoms with van der Waals surface area (Å²) in [5, 5.41) is 10.1. The fourth-order valence-electron chi connectivity index (χ4n) is 3.39. The lowest BCUT2D eigenvalue weighted by atomic mass is 9.99. The second-order valence-corrected chi connectivity index (χ2v) is 9.69. The molecule has 0 heterocycles. The maximum Gasteiger partial charge on any atom is 0.458 e. The summed E-state index contributed by atoms with van der Waals surface area (Å²) in [7, 11) is -2.04. The standard InChI is InChI=1S/C16H16O2P.C10H14O/c1-11-9-12(2)15(13(3)10-11)16(17)19(18)14-7-5-4-6-8-14;1-10(2,11)8-9-6-4-3-5-7-9/h4-10H,1-3H3;3-7,11H,8H2,1-2H3/q+1;. The molecule has 1 N–H and O–H groups in total. The predicted octanol–water partition coefficient (Wildman–Crippen LogP) is 5.90. The average molecular weight is 421 g/mol. The summed E-state index contributed by atoms with van der Waals surface area (Å²) < 4.78 is 12.3. The van der Waals surface area contributed by atoms with Crippen molar-refractivity contribution in [2.45, 2.75) is 46.6 Å². The summed E-state index contributed by atoms with van der Waals surface area (Å²) >= 11 is 0. The molecule has 3 nitrogen and oxygen atoms in total. The van der Waals surface area contributed by atoms with Crippen LogP contribution in [0.1, 0.15) is 46.5 Å². The van der Waals surface area contributed by atoms with E-state index in [1.54, 1.807) is 24.3 Å². The minimum atomic E-state index is -2.04. The van der Waals surface area contributed by atoms with Crippen molar-refractivity contribution in [1.29, 1.82) is 0 Å². The highest BCUT2D eigenvalue weighted by atomic mass is 31.1. The van der Waals surface area contributed by atoms with Gasteiger partial charge in [-0.1, -0.05) is 70.8 Å². The van der Waals surface area contributed by atoms with Gasteiger partial charge >= 0.3 is 13.3 Å². The smallest absolute Gasteiger partial charge is 0.390 e. The van der Waals surface area contributed by atoms with Gasteiger partial charge in [-0.3, -0.25) is 0 Å². The van der Waals surface area contributed by atoms with Crippen LogP contribution >= 0.6 is 7.80 Å². The van der Waals surface area contributed by atoms with Crippen molar-refractivity contribution in [3.8, 4) is 0 Å². The third-order valence-electron chi connectivity index (χ3n) is 4.55. The Kier molecular flexibility index (Phi) is 8.23. The number of aryl methyl sites for hydroxylation is 3. The van der Waals surface area contributed by atoms with E-state index < -0.39 is 13.4 Å². The van der Waals surface area contributed by atoms with Crippen molar-refractivity contribution in [2.24, 2.45) is 0 Å². The Morgan fingerprint density at radius 2 is 1.33 bits per heavy atom. The minimum Gasteiger partial charge on any atom is -0.390 e. The van der Waals surface area contributed by atoms with Gasteiger partial charge in [-0.2, -0.15) is 0 Å². The van der Waals surface area contributed by atoms with Gasteiger partial charge in [0.05, 0.1) is 11.2 Å². The zero-order valence-electron chi connectivity index (χ0n) is 18.3. The van der Waals surface area contributed by atoms with Crippen molar-refractivity contribution in [2.75, 3.05) is 0 Å². The van der Waals surface area contributed by atoms with Gasteiger partial charge in [0.25, 0.3) is 0 Å². The first-order chi connectivity index (χ1) is 14.1. The Morgan fingerprint density at radius 3 is 1.80 bits per heavy atom. The number of aliphatic hydroxyl groups is 1. The molecule has 0 aliphatic carbocycles. The quantitative estimate of drug-likeness (QED) is 0.522. The number of hydrogen-bond donors (Lipinski definition) is 1. The summed E-state index contributed by atoms with van der Waals surface area (Å²) in [5.74, 6) is 0. The molecule has 4 heteroatoms. The topological polar surface area (TPSA) is 54.4 Å². The van der Waals surface area contributed by atoms with Crippen molar-refractivity contribution >= 4 is 18.6 Å². The zero-order chi connectivity index (χ0) is 22.3. The Hall–Kier alpha value is -2.61. The number of benzene rings is 3. The molecule has 156 valence electrons. The lowest BCUT2D eigenvalue weighted by Crippen LogP contribution is -2.21. The molecule has 1 unspecified atom stereocenters. The van der Waals surface area contributed by atoms with Gasteiger partial charge in [0.15, 0.2) is 5.30 Å². The first-order valence-corrected chi connectivity index (χ1v) is 11.3. The summed E-state index contributed by atoms with van der Waals surface area (Å²) in [6, 6.07) is 22.8. The molecule has 0 spiro atoms. The predicted molar refractivity (Wildman–Crippen MR) is 125 cm³/mol. The largest absolute Gasteiger partial charge is 0.458 e. The SMILES string of the molecule is CC(C)(O)Cc1ccccc1.Cc1cc(C)c(C(=O)[P+](=O)c2ccccc2)c(C)c1. The van der Waals surface area contributed by atoms with Gasteiger partial charge in [0.2, 0.25) is 0 Å². The molecule has 3 rings (SSSR count). The molecule has 0 aliphatic rings. The monoisotopic (exact) mass is 421 g/mol. The number of rotatable bonds is 5. The molecule has 0 aliphatic heterocycles. The molecule has 0 bridgehead atoms. The zero-order valence-corrected chi connectivity index (χ0v) is 19.2. The van der Waals surface area contributed by atoms with Crippen LogP contribution in [0.2, 0.25) is 0 Å². The van der Waals surface area contributed by atoms with Gasteiger partial charge < -0.3 is 5.11 Å². The van der Waals surface area contributed by atoms with E-state index in [0.29, 0.717) is 17.3 Å². The number of carbonyl (C=O) groups is 1. The van der Waals surface area contributed by atoms with Crippen LogP contribution in [0.15, 0.2) is 72.8 Å². The van der Waals surface area contributed by atoms with E-state index in [4.69, 9.17) is 0 Å². The van der Waals surface area contributed by atoms with Gasteiger partial charge in [0, 0.05) is 6.42 Å². The third-order valence-corrected chi connectivity index (χ3v) is 5.91. The fourth-order valence-corrected chi connectivity index (χ4v) is 4.63. The van der Waals surface area contributed by atoms with E-state index in [0.717, 1.165) is 16.7 Å². The second kappa shape index (κ2) is 10.4. The first kappa shape index (κ1) is 23.7. The molecule has 0 radical (unpaired) electrons. The van der Waals surface area contributed by atoms with Gasteiger partial charge in [-0.15, -0.1) is 0 Å². The Morgan fingerprint density at radius 1 is 0.867 bits per heavy atom. The lowest BCUT2D eigenvalue weighted by Gasteiger charge is -2.16. The molecule has 1 atom stereocenters. The van der Waals surface area contributed by atoms with Crippen LogP contribution in [0, 0.1) is 20.8 Å². The van der Waals surface area contributed by atoms with E-state index in [9.17, 15) is 14.5 Å². The van der Waals surface area contributed by atoms with Crippen molar-refractivity contribution in [3.05, 3.63) is 101 Å². The molecule has 0 aromatic heterocycles. The van der Waals surface area contributed by atoms with E-state index in [1.807, 2.05) is 83.1 Å². The molecule has 0 saturated carbocycles. The van der Waals surface area contributed by atoms with Crippen molar-refractivity contribution < 1.29 is 14.5 Å².